The van der Waals surface area contributed by atoms with Gasteiger partial charge in [-0.05, 0) is 45.2 Å². The topological polar surface area (TPSA) is 46.9 Å². The number of hydrogen-bond donors (Lipinski definition) is 1. The summed E-state index contributed by atoms with van der Waals surface area (Å²) in [6, 6.07) is 8.11. The van der Waals surface area contributed by atoms with Crippen molar-refractivity contribution in [2.45, 2.75) is 69.4 Å². The number of amides is 1. The van der Waals surface area contributed by atoms with Crippen molar-refractivity contribution in [3.63, 3.8) is 0 Å². The van der Waals surface area contributed by atoms with Crippen LogP contribution in [0.5, 0.6) is 0 Å². The van der Waals surface area contributed by atoms with Crippen LogP contribution in [0.15, 0.2) is 29.4 Å². The molecule has 0 saturated heterocycles. The number of aromatic nitrogens is 2. The van der Waals surface area contributed by atoms with Crippen LogP contribution in [0.4, 0.5) is 0 Å². The fourth-order valence-electron chi connectivity index (χ4n) is 3.45. The molecule has 1 N–H and O–H groups in total. The molecule has 1 atom stereocenters. The summed E-state index contributed by atoms with van der Waals surface area (Å²) in [5, 5.41) is 4.42. The van der Waals surface area contributed by atoms with Gasteiger partial charge in [-0.1, -0.05) is 54.4 Å². The fraction of sp³-hybridized carbons (Fsp3) is 0.500. The van der Waals surface area contributed by atoms with Crippen molar-refractivity contribution < 1.29 is 4.79 Å². The van der Waals surface area contributed by atoms with Gasteiger partial charge in [-0.3, -0.25) is 4.79 Å². The summed E-state index contributed by atoms with van der Waals surface area (Å²) in [7, 11) is 0. The Balaban J connectivity index is 1.66. The van der Waals surface area contributed by atoms with Crippen molar-refractivity contribution in [2.24, 2.45) is 0 Å². The number of nitrogens with zero attached hydrogens (tertiary/aromatic N) is 2. The van der Waals surface area contributed by atoms with Gasteiger partial charge < -0.3 is 9.88 Å². The minimum Gasteiger partial charge on any atom is -0.351 e. The first-order valence-electron chi connectivity index (χ1n) is 9.20. The molecule has 0 spiro atoms. The number of carbonyl (C=O) groups is 1. The zero-order valence-corrected chi connectivity index (χ0v) is 17.2. The number of benzene rings is 1. The summed E-state index contributed by atoms with van der Waals surface area (Å²) in [6.07, 6.45) is 4.97. The summed E-state index contributed by atoms with van der Waals surface area (Å²) in [4.78, 5) is 17.3. The maximum atomic E-state index is 12.5. The van der Waals surface area contributed by atoms with Crippen molar-refractivity contribution in [3.05, 3.63) is 46.2 Å². The molecule has 1 aromatic carbocycles. The predicted octanol–water partition coefficient (Wildman–Crippen LogP) is 5.07. The van der Waals surface area contributed by atoms with E-state index in [-0.39, 0.29) is 11.2 Å². The van der Waals surface area contributed by atoms with Crippen LogP contribution in [-0.2, 0) is 11.3 Å². The first kappa shape index (κ1) is 19.3. The molecule has 1 aliphatic rings. The number of halogens is 1. The average Bonchev–Trinajstić information content (AvgIpc) is 3.22. The van der Waals surface area contributed by atoms with Crippen LogP contribution in [0, 0.1) is 13.8 Å². The summed E-state index contributed by atoms with van der Waals surface area (Å²) >= 11 is 7.71. The van der Waals surface area contributed by atoms with Gasteiger partial charge in [0.1, 0.15) is 0 Å². The molecular weight excluding hydrogens is 366 g/mol. The Kier molecular flexibility index (Phi) is 6.30. The van der Waals surface area contributed by atoms with Gasteiger partial charge in [0.05, 0.1) is 10.9 Å². The molecular formula is C20H26ClN3OS. The summed E-state index contributed by atoms with van der Waals surface area (Å²) < 4.78 is 2.35. The molecule has 2 aromatic rings. The van der Waals surface area contributed by atoms with Crippen molar-refractivity contribution in [1.29, 1.82) is 0 Å². The molecule has 0 radical (unpaired) electrons. The number of imidazole rings is 1. The van der Waals surface area contributed by atoms with E-state index in [9.17, 15) is 4.79 Å². The highest BCUT2D eigenvalue weighted by Crippen LogP contribution is 2.36. The predicted molar refractivity (Wildman–Crippen MR) is 108 cm³/mol. The zero-order valence-electron chi connectivity index (χ0n) is 15.6. The molecule has 1 aliphatic carbocycles. The largest absolute Gasteiger partial charge is 0.351 e. The molecule has 4 nitrogen and oxygen atoms in total. The second-order valence-electron chi connectivity index (χ2n) is 6.94. The molecule has 0 aliphatic heterocycles. The molecule has 1 amide bonds. The second kappa shape index (κ2) is 8.49. The number of hydrogen-bond acceptors (Lipinski definition) is 3. The lowest BCUT2D eigenvalue weighted by Crippen LogP contribution is -2.30. The van der Waals surface area contributed by atoms with Crippen LogP contribution in [0.25, 0.3) is 0 Å². The summed E-state index contributed by atoms with van der Waals surface area (Å²) in [5.74, 6) is 0.00574. The Hall–Kier alpha value is -1.46. The molecule has 1 fully saturated rings. The Morgan fingerprint density at radius 2 is 2.04 bits per heavy atom. The van der Waals surface area contributed by atoms with Crippen LogP contribution in [0.3, 0.4) is 0 Å². The van der Waals surface area contributed by atoms with E-state index in [1.165, 1.54) is 31.4 Å². The van der Waals surface area contributed by atoms with Gasteiger partial charge >= 0.3 is 0 Å². The number of aryl methyl sites for hydroxylation is 1. The van der Waals surface area contributed by atoms with Gasteiger partial charge in [0.2, 0.25) is 5.91 Å². The molecule has 1 saturated carbocycles. The van der Waals surface area contributed by atoms with Crippen LogP contribution >= 0.6 is 23.4 Å². The number of thioether (sulfide) groups is 1. The van der Waals surface area contributed by atoms with E-state index in [1.54, 1.807) is 11.8 Å². The Morgan fingerprint density at radius 1 is 1.35 bits per heavy atom. The van der Waals surface area contributed by atoms with Crippen LogP contribution in [0.2, 0.25) is 5.02 Å². The van der Waals surface area contributed by atoms with Crippen LogP contribution < -0.4 is 5.32 Å². The second-order valence-corrected chi connectivity index (χ2v) is 8.66. The summed E-state index contributed by atoms with van der Waals surface area (Å²) in [6.45, 7) is 6.56. The fourth-order valence-corrected chi connectivity index (χ4v) is 4.75. The molecule has 0 bridgehead atoms. The van der Waals surface area contributed by atoms with E-state index in [1.807, 2.05) is 38.1 Å². The zero-order chi connectivity index (χ0) is 18.7. The van der Waals surface area contributed by atoms with Crippen LogP contribution in [-0.4, -0.2) is 20.7 Å². The van der Waals surface area contributed by atoms with Gasteiger partial charge in [0.25, 0.3) is 0 Å². The normalized spacial score (nSPS) is 16.0. The third-order valence-electron chi connectivity index (χ3n) is 5.11. The average molecular weight is 392 g/mol. The Morgan fingerprint density at radius 3 is 2.73 bits per heavy atom. The van der Waals surface area contributed by atoms with Gasteiger partial charge in [-0.25, -0.2) is 4.98 Å². The maximum Gasteiger partial charge on any atom is 0.233 e. The highest BCUT2D eigenvalue weighted by Gasteiger charge is 2.25. The van der Waals surface area contributed by atoms with E-state index in [4.69, 9.17) is 16.6 Å². The van der Waals surface area contributed by atoms with Gasteiger partial charge in [0, 0.05) is 23.3 Å². The van der Waals surface area contributed by atoms with Crippen molar-refractivity contribution in [3.8, 4) is 0 Å². The lowest BCUT2D eigenvalue weighted by Gasteiger charge is -2.18. The van der Waals surface area contributed by atoms with Crippen LogP contribution in [0.1, 0.15) is 55.6 Å². The highest BCUT2D eigenvalue weighted by molar-refractivity contribution is 8.00. The SMILES string of the molecule is Cc1nc(SC(C)C(=O)NCc2ccccc2Cl)n(C2CCCC2)c1C. The quantitative estimate of drug-likeness (QED) is 0.699. The molecule has 26 heavy (non-hydrogen) atoms. The first-order chi connectivity index (χ1) is 12.5. The van der Waals surface area contributed by atoms with E-state index in [2.05, 4.69) is 16.8 Å². The Bertz CT molecular complexity index is 783. The number of rotatable bonds is 6. The minimum atomic E-state index is -0.209. The van der Waals surface area contributed by atoms with Gasteiger partial charge in [-0.2, -0.15) is 0 Å². The minimum absolute atomic E-state index is 0.00574. The Labute approximate surface area is 164 Å². The monoisotopic (exact) mass is 391 g/mol. The molecule has 140 valence electrons. The van der Waals surface area contributed by atoms with E-state index in [0.29, 0.717) is 17.6 Å². The third kappa shape index (κ3) is 4.26. The van der Waals surface area contributed by atoms with Gasteiger partial charge in [-0.15, -0.1) is 0 Å². The standard InChI is InChI=1S/C20H26ClN3OS/c1-13-14(2)24(17-9-5-6-10-17)20(23-13)26-15(3)19(25)22-12-16-8-4-7-11-18(16)21/h4,7-8,11,15,17H,5-6,9-10,12H2,1-3H3,(H,22,25). The van der Waals surface area contributed by atoms with Crippen molar-refractivity contribution >= 4 is 29.3 Å². The molecule has 1 heterocycles. The molecule has 6 heteroatoms. The van der Waals surface area contributed by atoms with Crippen molar-refractivity contribution in [2.75, 3.05) is 0 Å². The highest BCUT2D eigenvalue weighted by atomic mass is 35.5. The van der Waals surface area contributed by atoms with E-state index in [0.717, 1.165) is 16.4 Å². The van der Waals surface area contributed by atoms with Gasteiger partial charge in [0.15, 0.2) is 5.16 Å². The third-order valence-corrected chi connectivity index (χ3v) is 6.54. The van der Waals surface area contributed by atoms with E-state index >= 15 is 0 Å². The number of carbonyl (C=O) groups excluding carboxylic acids is 1. The molecule has 1 unspecified atom stereocenters. The number of nitrogens with one attached hydrogen (secondary N) is 1. The van der Waals surface area contributed by atoms with E-state index < -0.39 is 0 Å². The molecule has 1 aromatic heterocycles. The lowest BCUT2D eigenvalue weighted by molar-refractivity contribution is -0.120. The molecule has 3 rings (SSSR count). The maximum absolute atomic E-state index is 12.5. The first-order valence-corrected chi connectivity index (χ1v) is 10.5. The van der Waals surface area contributed by atoms with Crippen molar-refractivity contribution in [1.82, 2.24) is 14.9 Å². The lowest BCUT2D eigenvalue weighted by atomic mass is 10.2. The summed E-state index contributed by atoms with van der Waals surface area (Å²) in [5.41, 5.74) is 3.21. The smallest absolute Gasteiger partial charge is 0.233 e.